The molecule has 1 saturated carbocycles. The Morgan fingerprint density at radius 2 is 2.00 bits per heavy atom. The Kier molecular flexibility index (Phi) is 5.46. The van der Waals surface area contributed by atoms with E-state index in [1.165, 1.54) is 11.3 Å². The largest absolute Gasteiger partial charge is 0.391 e. The van der Waals surface area contributed by atoms with E-state index in [0.29, 0.717) is 0 Å². The number of halogens is 2. The smallest absolute Gasteiger partial charge is 0.249 e. The van der Waals surface area contributed by atoms with Crippen molar-refractivity contribution in [1.29, 1.82) is 0 Å². The molecular formula is C18H23F2NO3. The van der Waals surface area contributed by atoms with Crippen molar-refractivity contribution in [2.45, 2.75) is 56.8 Å². The molecule has 1 saturated heterocycles. The molecule has 4 nitrogen and oxygen atoms in total. The molecule has 0 aromatic heterocycles. The van der Waals surface area contributed by atoms with Crippen molar-refractivity contribution in [2.75, 3.05) is 13.2 Å². The second-order valence-corrected chi connectivity index (χ2v) is 6.69. The molecule has 1 aliphatic heterocycles. The lowest BCUT2D eigenvalue weighted by atomic mass is 9.98. The van der Waals surface area contributed by atoms with Crippen molar-refractivity contribution in [3.63, 3.8) is 0 Å². The SMILES string of the molecule is O=C(COC1CCCCC1)N1C[C@@H](O)C[C@H]1c1cc(F)ccc1F. The zero-order valence-electron chi connectivity index (χ0n) is 13.6. The normalized spacial score (nSPS) is 25.2. The Bertz CT molecular complexity index is 590. The molecule has 24 heavy (non-hydrogen) atoms. The van der Waals surface area contributed by atoms with Crippen LogP contribution in [0, 0.1) is 11.6 Å². The van der Waals surface area contributed by atoms with E-state index < -0.39 is 23.8 Å². The van der Waals surface area contributed by atoms with Crippen molar-refractivity contribution in [3.05, 3.63) is 35.4 Å². The number of nitrogens with zero attached hydrogens (tertiary/aromatic N) is 1. The minimum atomic E-state index is -0.740. The van der Waals surface area contributed by atoms with Gasteiger partial charge in [0.1, 0.15) is 18.2 Å². The molecule has 2 atom stereocenters. The topological polar surface area (TPSA) is 49.8 Å². The van der Waals surface area contributed by atoms with Gasteiger partial charge in [-0.1, -0.05) is 19.3 Å². The maximum atomic E-state index is 14.0. The van der Waals surface area contributed by atoms with Gasteiger partial charge in [-0.3, -0.25) is 4.79 Å². The number of benzene rings is 1. The zero-order valence-corrected chi connectivity index (χ0v) is 13.6. The lowest BCUT2D eigenvalue weighted by Crippen LogP contribution is -2.36. The molecule has 1 amide bonds. The van der Waals surface area contributed by atoms with Gasteiger partial charge in [-0.25, -0.2) is 8.78 Å². The van der Waals surface area contributed by atoms with Crippen molar-refractivity contribution in [1.82, 2.24) is 4.90 Å². The van der Waals surface area contributed by atoms with Gasteiger partial charge in [0.2, 0.25) is 5.91 Å². The predicted molar refractivity (Wildman–Crippen MR) is 84.3 cm³/mol. The molecule has 1 heterocycles. The number of β-amino-alcohol motifs (C(OH)–C–C–N with tert-alkyl or cyclic N) is 1. The number of likely N-dealkylation sites (tertiary alicyclic amines) is 1. The minimum absolute atomic E-state index is 0.0786. The van der Waals surface area contributed by atoms with Crippen LogP contribution in [0.5, 0.6) is 0 Å². The van der Waals surface area contributed by atoms with Gasteiger partial charge in [0.25, 0.3) is 0 Å². The van der Waals surface area contributed by atoms with E-state index in [0.717, 1.165) is 43.9 Å². The first-order valence-electron chi connectivity index (χ1n) is 8.58. The quantitative estimate of drug-likeness (QED) is 0.918. The Morgan fingerprint density at radius 1 is 1.25 bits per heavy atom. The molecule has 2 fully saturated rings. The first-order valence-corrected chi connectivity index (χ1v) is 8.58. The monoisotopic (exact) mass is 339 g/mol. The lowest BCUT2D eigenvalue weighted by Gasteiger charge is -2.27. The van der Waals surface area contributed by atoms with Crippen molar-refractivity contribution in [2.24, 2.45) is 0 Å². The van der Waals surface area contributed by atoms with Crippen molar-refractivity contribution in [3.8, 4) is 0 Å². The number of hydrogen-bond donors (Lipinski definition) is 1. The second kappa shape index (κ2) is 7.57. The van der Waals surface area contributed by atoms with Crippen LogP contribution in [0.4, 0.5) is 8.78 Å². The van der Waals surface area contributed by atoms with Crippen LogP contribution in [0.25, 0.3) is 0 Å². The van der Waals surface area contributed by atoms with E-state index in [1.807, 2.05) is 0 Å². The third-order valence-electron chi connectivity index (χ3n) is 4.91. The fourth-order valence-corrected chi connectivity index (χ4v) is 3.66. The van der Waals surface area contributed by atoms with E-state index in [1.54, 1.807) is 0 Å². The summed E-state index contributed by atoms with van der Waals surface area (Å²) in [5.41, 5.74) is 0.109. The molecule has 1 aliphatic carbocycles. The van der Waals surface area contributed by atoms with Crippen LogP contribution in [-0.4, -0.2) is 41.3 Å². The Morgan fingerprint density at radius 3 is 2.75 bits per heavy atom. The summed E-state index contributed by atoms with van der Waals surface area (Å²) in [6.07, 6.45) is 4.89. The van der Waals surface area contributed by atoms with Gasteiger partial charge in [0.15, 0.2) is 0 Å². The lowest BCUT2D eigenvalue weighted by molar-refractivity contribution is -0.140. The average Bonchev–Trinajstić information content (AvgIpc) is 2.97. The highest BCUT2D eigenvalue weighted by molar-refractivity contribution is 5.78. The van der Waals surface area contributed by atoms with Gasteiger partial charge in [-0.05, 0) is 37.5 Å². The molecule has 0 radical (unpaired) electrons. The number of amides is 1. The molecule has 1 aromatic rings. The second-order valence-electron chi connectivity index (χ2n) is 6.69. The highest BCUT2D eigenvalue weighted by Gasteiger charge is 2.37. The third kappa shape index (κ3) is 3.92. The van der Waals surface area contributed by atoms with Gasteiger partial charge in [-0.2, -0.15) is 0 Å². The Labute approximate surface area is 140 Å². The van der Waals surface area contributed by atoms with Crippen LogP contribution >= 0.6 is 0 Å². The summed E-state index contributed by atoms with van der Waals surface area (Å²) in [6.45, 7) is 0.0400. The predicted octanol–water partition coefficient (Wildman–Crippen LogP) is 2.95. The average molecular weight is 339 g/mol. The molecule has 2 aliphatic rings. The van der Waals surface area contributed by atoms with Crippen LogP contribution in [0.3, 0.4) is 0 Å². The summed E-state index contributed by atoms with van der Waals surface area (Å²) in [7, 11) is 0. The number of carbonyl (C=O) groups is 1. The molecule has 6 heteroatoms. The fraction of sp³-hybridized carbons (Fsp3) is 0.611. The first kappa shape index (κ1) is 17.3. The summed E-state index contributed by atoms with van der Waals surface area (Å²) in [5, 5.41) is 9.91. The van der Waals surface area contributed by atoms with Gasteiger partial charge < -0.3 is 14.7 Å². The van der Waals surface area contributed by atoms with Gasteiger partial charge in [0.05, 0.1) is 18.2 Å². The van der Waals surface area contributed by atoms with Crippen molar-refractivity contribution < 1.29 is 23.4 Å². The number of aliphatic hydroxyl groups excluding tert-OH is 1. The van der Waals surface area contributed by atoms with Crippen LogP contribution < -0.4 is 0 Å². The number of aliphatic hydroxyl groups is 1. The molecule has 3 rings (SSSR count). The summed E-state index contributed by atoms with van der Waals surface area (Å²) in [6, 6.07) is 2.54. The van der Waals surface area contributed by atoms with Crippen molar-refractivity contribution >= 4 is 5.91 Å². The van der Waals surface area contributed by atoms with Crippen LogP contribution in [0.2, 0.25) is 0 Å². The van der Waals surface area contributed by atoms with E-state index in [-0.39, 0.29) is 37.1 Å². The number of ether oxygens (including phenoxy) is 1. The summed E-state index contributed by atoms with van der Waals surface area (Å²) in [5.74, 6) is -1.41. The Hall–Kier alpha value is -1.53. The van der Waals surface area contributed by atoms with E-state index in [9.17, 15) is 18.7 Å². The molecule has 1 aromatic carbocycles. The van der Waals surface area contributed by atoms with Crippen LogP contribution in [0.15, 0.2) is 18.2 Å². The molecular weight excluding hydrogens is 316 g/mol. The summed E-state index contributed by atoms with van der Waals surface area (Å²) < 4.78 is 33.2. The third-order valence-corrected chi connectivity index (χ3v) is 4.91. The summed E-state index contributed by atoms with van der Waals surface area (Å²) in [4.78, 5) is 13.9. The maximum Gasteiger partial charge on any atom is 0.249 e. The van der Waals surface area contributed by atoms with E-state index >= 15 is 0 Å². The van der Waals surface area contributed by atoms with E-state index in [2.05, 4.69) is 0 Å². The van der Waals surface area contributed by atoms with Gasteiger partial charge in [-0.15, -0.1) is 0 Å². The fourth-order valence-electron chi connectivity index (χ4n) is 3.66. The molecule has 0 bridgehead atoms. The Balaban J connectivity index is 1.68. The molecule has 132 valence electrons. The highest BCUT2D eigenvalue weighted by Crippen LogP contribution is 2.34. The van der Waals surface area contributed by atoms with Gasteiger partial charge in [0, 0.05) is 12.1 Å². The zero-order chi connectivity index (χ0) is 17.1. The van der Waals surface area contributed by atoms with Gasteiger partial charge >= 0.3 is 0 Å². The standard InChI is InChI=1S/C18H23F2NO3/c19-12-6-7-16(20)15(8-12)17-9-13(22)10-21(17)18(23)11-24-14-4-2-1-3-5-14/h6-8,13-14,17,22H,1-5,9-11H2/t13-,17-/m0/s1. The summed E-state index contributed by atoms with van der Waals surface area (Å²) >= 11 is 0. The highest BCUT2D eigenvalue weighted by atomic mass is 19.1. The number of carbonyl (C=O) groups excluding carboxylic acids is 1. The number of rotatable bonds is 4. The minimum Gasteiger partial charge on any atom is -0.391 e. The van der Waals surface area contributed by atoms with E-state index in [4.69, 9.17) is 4.74 Å². The molecule has 1 N–H and O–H groups in total. The molecule has 0 unspecified atom stereocenters. The van der Waals surface area contributed by atoms with Crippen LogP contribution in [-0.2, 0) is 9.53 Å². The first-order chi connectivity index (χ1) is 11.5. The maximum absolute atomic E-state index is 14.0. The number of hydrogen-bond acceptors (Lipinski definition) is 3. The molecule has 0 spiro atoms. The van der Waals surface area contributed by atoms with Crippen LogP contribution in [0.1, 0.15) is 50.1 Å².